The number of benzene rings is 2. The fraction of sp³-hybridized carbons (Fsp3) is 0.350. The van der Waals surface area contributed by atoms with E-state index in [0.717, 1.165) is 17.5 Å². The Balaban J connectivity index is 1.47. The van der Waals surface area contributed by atoms with Crippen molar-refractivity contribution in [1.29, 1.82) is 0 Å². The number of carbonyl (C=O) groups excluding carboxylic acids is 1. The van der Waals surface area contributed by atoms with E-state index in [0.29, 0.717) is 26.4 Å². The van der Waals surface area contributed by atoms with Crippen molar-refractivity contribution >= 4 is 6.03 Å². The summed E-state index contributed by atoms with van der Waals surface area (Å²) < 4.78 is 11.5. The standard InChI is InChI=1S/C20H24N2O3/c23-20(21-13-16-7-3-1-4-8-16)22-18-11-12-24-15-19(18)25-14-17-9-5-2-6-10-17/h1-10,18-19H,11-15H2,(H2,21,22,23)/t18-,19-/m1/s1. The number of hydrogen-bond donors (Lipinski definition) is 2. The van der Waals surface area contributed by atoms with Gasteiger partial charge in [-0.3, -0.25) is 0 Å². The van der Waals surface area contributed by atoms with Crippen LogP contribution in [-0.2, 0) is 22.6 Å². The van der Waals surface area contributed by atoms with Crippen molar-refractivity contribution in [2.75, 3.05) is 13.2 Å². The van der Waals surface area contributed by atoms with Crippen LogP contribution in [-0.4, -0.2) is 31.4 Å². The smallest absolute Gasteiger partial charge is 0.315 e. The molecule has 2 atom stereocenters. The first-order valence-corrected chi connectivity index (χ1v) is 8.63. The minimum atomic E-state index is -0.177. The van der Waals surface area contributed by atoms with Gasteiger partial charge < -0.3 is 20.1 Å². The molecule has 5 nitrogen and oxygen atoms in total. The monoisotopic (exact) mass is 340 g/mol. The Morgan fingerprint density at radius 1 is 1.04 bits per heavy atom. The van der Waals surface area contributed by atoms with Gasteiger partial charge in [-0.05, 0) is 17.5 Å². The summed E-state index contributed by atoms with van der Waals surface area (Å²) in [7, 11) is 0. The van der Waals surface area contributed by atoms with Crippen molar-refractivity contribution in [3.8, 4) is 0 Å². The van der Waals surface area contributed by atoms with E-state index < -0.39 is 0 Å². The SMILES string of the molecule is O=C(NCc1ccccc1)N[C@@H]1CCOC[C@H]1OCc1ccccc1. The molecule has 0 aromatic heterocycles. The summed E-state index contributed by atoms with van der Waals surface area (Å²) in [4.78, 5) is 12.2. The predicted molar refractivity (Wildman–Crippen MR) is 96.1 cm³/mol. The predicted octanol–water partition coefficient (Wildman–Crippen LogP) is 2.86. The number of amides is 2. The van der Waals surface area contributed by atoms with Gasteiger partial charge in [0.05, 0.1) is 19.3 Å². The molecule has 2 aromatic carbocycles. The van der Waals surface area contributed by atoms with Gasteiger partial charge in [-0.1, -0.05) is 60.7 Å². The van der Waals surface area contributed by atoms with Crippen molar-refractivity contribution < 1.29 is 14.3 Å². The fourth-order valence-corrected chi connectivity index (χ4v) is 2.82. The van der Waals surface area contributed by atoms with Crippen molar-refractivity contribution in [3.63, 3.8) is 0 Å². The lowest BCUT2D eigenvalue weighted by Crippen LogP contribution is -2.52. The minimum Gasteiger partial charge on any atom is -0.379 e. The lowest BCUT2D eigenvalue weighted by molar-refractivity contribution is -0.0730. The van der Waals surface area contributed by atoms with Gasteiger partial charge in [-0.15, -0.1) is 0 Å². The summed E-state index contributed by atoms with van der Waals surface area (Å²) in [6, 6.07) is 19.6. The zero-order chi connectivity index (χ0) is 17.3. The van der Waals surface area contributed by atoms with E-state index in [9.17, 15) is 4.79 Å². The highest BCUT2D eigenvalue weighted by Crippen LogP contribution is 2.14. The van der Waals surface area contributed by atoms with Crippen LogP contribution < -0.4 is 10.6 Å². The highest BCUT2D eigenvalue weighted by molar-refractivity contribution is 5.74. The molecule has 0 spiro atoms. The third kappa shape index (κ3) is 5.59. The maximum absolute atomic E-state index is 12.2. The van der Waals surface area contributed by atoms with Crippen LogP contribution in [0.1, 0.15) is 17.5 Å². The highest BCUT2D eigenvalue weighted by Gasteiger charge is 2.27. The van der Waals surface area contributed by atoms with Crippen LogP contribution in [0.4, 0.5) is 4.79 Å². The molecule has 0 aliphatic carbocycles. The molecule has 1 fully saturated rings. The molecule has 2 N–H and O–H groups in total. The van der Waals surface area contributed by atoms with Gasteiger partial charge in [-0.2, -0.15) is 0 Å². The third-order valence-corrected chi connectivity index (χ3v) is 4.22. The molecule has 0 unspecified atom stereocenters. The van der Waals surface area contributed by atoms with E-state index >= 15 is 0 Å². The van der Waals surface area contributed by atoms with Gasteiger partial charge >= 0.3 is 6.03 Å². The van der Waals surface area contributed by atoms with Crippen molar-refractivity contribution in [2.45, 2.75) is 31.7 Å². The summed E-state index contributed by atoms with van der Waals surface area (Å²) in [5, 5.41) is 5.91. The van der Waals surface area contributed by atoms with Gasteiger partial charge in [0.15, 0.2) is 0 Å². The zero-order valence-corrected chi connectivity index (χ0v) is 14.2. The average molecular weight is 340 g/mol. The number of hydrogen-bond acceptors (Lipinski definition) is 3. The van der Waals surface area contributed by atoms with E-state index in [-0.39, 0.29) is 18.2 Å². The Hall–Kier alpha value is -2.37. The molecular formula is C20H24N2O3. The van der Waals surface area contributed by atoms with Crippen LogP contribution in [0.5, 0.6) is 0 Å². The van der Waals surface area contributed by atoms with Crippen LogP contribution in [0.2, 0.25) is 0 Å². The molecule has 25 heavy (non-hydrogen) atoms. The molecule has 132 valence electrons. The van der Waals surface area contributed by atoms with Gasteiger partial charge in [0, 0.05) is 13.2 Å². The first kappa shape index (κ1) is 17.5. The van der Waals surface area contributed by atoms with Gasteiger partial charge in [0.2, 0.25) is 0 Å². The molecule has 1 saturated heterocycles. The number of nitrogens with one attached hydrogen (secondary N) is 2. The minimum absolute atomic E-state index is 0.0479. The Bertz CT molecular complexity index is 649. The normalized spacial score (nSPS) is 20.0. The number of urea groups is 1. The largest absolute Gasteiger partial charge is 0.379 e. The Labute approximate surface area is 148 Å². The lowest BCUT2D eigenvalue weighted by Gasteiger charge is -2.32. The van der Waals surface area contributed by atoms with E-state index in [2.05, 4.69) is 10.6 Å². The number of carbonyl (C=O) groups is 1. The van der Waals surface area contributed by atoms with Gasteiger partial charge in [0.1, 0.15) is 6.10 Å². The molecule has 0 bridgehead atoms. The van der Waals surface area contributed by atoms with Crippen LogP contribution in [0.25, 0.3) is 0 Å². The van der Waals surface area contributed by atoms with E-state index in [1.54, 1.807) is 0 Å². The molecular weight excluding hydrogens is 316 g/mol. The molecule has 5 heteroatoms. The molecule has 3 rings (SSSR count). The second kappa shape index (κ2) is 9.20. The molecule has 0 saturated carbocycles. The molecule has 0 radical (unpaired) electrons. The van der Waals surface area contributed by atoms with Crippen molar-refractivity contribution in [3.05, 3.63) is 71.8 Å². The van der Waals surface area contributed by atoms with Crippen molar-refractivity contribution in [1.82, 2.24) is 10.6 Å². The Morgan fingerprint density at radius 2 is 1.72 bits per heavy atom. The van der Waals surface area contributed by atoms with Crippen LogP contribution in [0, 0.1) is 0 Å². The first-order valence-electron chi connectivity index (χ1n) is 8.63. The topological polar surface area (TPSA) is 59.6 Å². The average Bonchev–Trinajstić information content (AvgIpc) is 2.67. The maximum Gasteiger partial charge on any atom is 0.315 e. The van der Waals surface area contributed by atoms with Crippen LogP contribution in [0.15, 0.2) is 60.7 Å². The third-order valence-electron chi connectivity index (χ3n) is 4.22. The summed E-state index contributed by atoms with van der Waals surface area (Å²) in [6.45, 7) is 2.15. The van der Waals surface area contributed by atoms with Crippen molar-refractivity contribution in [2.24, 2.45) is 0 Å². The second-order valence-corrected chi connectivity index (χ2v) is 6.12. The fourth-order valence-electron chi connectivity index (χ4n) is 2.82. The quantitative estimate of drug-likeness (QED) is 0.850. The zero-order valence-electron chi connectivity index (χ0n) is 14.2. The van der Waals surface area contributed by atoms with E-state index in [4.69, 9.17) is 9.47 Å². The summed E-state index contributed by atoms with van der Waals surface area (Å²) in [6.07, 6.45) is 0.606. The number of rotatable bonds is 6. The second-order valence-electron chi connectivity index (χ2n) is 6.12. The van der Waals surface area contributed by atoms with E-state index in [1.807, 2.05) is 60.7 Å². The molecule has 2 aromatic rings. The molecule has 1 heterocycles. The summed E-state index contributed by atoms with van der Waals surface area (Å²) in [5.41, 5.74) is 2.18. The number of ether oxygens (including phenoxy) is 2. The van der Waals surface area contributed by atoms with E-state index in [1.165, 1.54) is 0 Å². The first-order chi connectivity index (χ1) is 12.3. The Kier molecular flexibility index (Phi) is 6.42. The van der Waals surface area contributed by atoms with Crippen LogP contribution in [0.3, 0.4) is 0 Å². The maximum atomic E-state index is 12.2. The highest BCUT2D eigenvalue weighted by atomic mass is 16.5. The van der Waals surface area contributed by atoms with Gasteiger partial charge in [0.25, 0.3) is 0 Å². The summed E-state index contributed by atoms with van der Waals surface area (Å²) in [5.74, 6) is 0. The lowest BCUT2D eigenvalue weighted by atomic mass is 10.1. The van der Waals surface area contributed by atoms with Gasteiger partial charge in [-0.25, -0.2) is 4.79 Å². The molecule has 1 aliphatic rings. The summed E-state index contributed by atoms with van der Waals surface area (Å²) >= 11 is 0. The molecule has 1 aliphatic heterocycles. The van der Waals surface area contributed by atoms with Crippen LogP contribution >= 0.6 is 0 Å². The Morgan fingerprint density at radius 3 is 2.44 bits per heavy atom. The molecule has 2 amide bonds.